The van der Waals surface area contributed by atoms with Gasteiger partial charge in [-0.25, -0.2) is 18.7 Å². The van der Waals surface area contributed by atoms with Gasteiger partial charge in [0.25, 0.3) is 0 Å². The molecule has 0 saturated heterocycles. The zero-order valence-electron chi connectivity index (χ0n) is 32.7. The first-order valence-corrected chi connectivity index (χ1v) is 18.8. The molecule has 304 valence electrons. The Labute approximate surface area is 329 Å². The third kappa shape index (κ3) is 10.7. The van der Waals surface area contributed by atoms with Crippen LogP contribution in [0, 0.1) is 25.5 Å². The summed E-state index contributed by atoms with van der Waals surface area (Å²) >= 11 is 0. The number of rotatable bonds is 11. The van der Waals surface area contributed by atoms with Crippen LogP contribution in [0.25, 0.3) is 0 Å². The Bertz CT molecular complexity index is 2100. The molecule has 6 rings (SSSR count). The number of amides is 1. The molecule has 2 aliphatic carbocycles. The van der Waals surface area contributed by atoms with Crippen molar-refractivity contribution in [3.63, 3.8) is 0 Å². The topological polar surface area (TPSA) is 235 Å². The summed E-state index contributed by atoms with van der Waals surface area (Å²) in [6, 6.07) is 6.05. The second-order valence-electron chi connectivity index (χ2n) is 14.4. The van der Waals surface area contributed by atoms with Crippen LogP contribution in [0.2, 0.25) is 0 Å². The lowest BCUT2D eigenvalue weighted by Crippen LogP contribution is -2.39. The minimum atomic E-state index is -0.509. The molecule has 0 unspecified atom stereocenters. The van der Waals surface area contributed by atoms with Crippen LogP contribution in [0.1, 0.15) is 101 Å². The standard InChI is InChI=1S/C21H26FN5O3.C19H24FN5O2/c1-11-8-18(30-3)15(9-17(11)22)19(29)16-10-24-21(27-20(16)23)26-14-6-4-13(5-7-14)25-12(2)28;1-10-7-16(27-2)13(8-15(10)20)17(26)14-9-23-19(25-18(14)22)24-12-5-3-11(21)4-6-12/h8-10,13-14H,4-7H2,1-3H3,(H,25,28)(H3,23,24,26,27);7-9,11-12H,3-6,21H2,1-2H3,(H3,22,23,24,25). The molecule has 2 heterocycles. The van der Waals surface area contributed by atoms with Crippen LogP contribution in [0.5, 0.6) is 11.5 Å². The Balaban J connectivity index is 0.000000219. The van der Waals surface area contributed by atoms with E-state index in [1.807, 2.05) is 0 Å². The number of ether oxygens (including phenoxy) is 2. The van der Waals surface area contributed by atoms with Gasteiger partial charge in [-0.2, -0.15) is 9.97 Å². The van der Waals surface area contributed by atoms with E-state index in [1.165, 1.54) is 45.7 Å². The molecule has 0 radical (unpaired) electrons. The van der Waals surface area contributed by atoms with E-state index in [4.69, 9.17) is 26.7 Å². The first-order valence-electron chi connectivity index (χ1n) is 18.8. The molecule has 2 aliphatic rings. The first-order chi connectivity index (χ1) is 27.2. The van der Waals surface area contributed by atoms with Gasteiger partial charge in [0, 0.05) is 43.5 Å². The summed E-state index contributed by atoms with van der Waals surface area (Å²) in [6.45, 7) is 4.71. The van der Waals surface area contributed by atoms with E-state index in [0.29, 0.717) is 23.0 Å². The molecule has 0 bridgehead atoms. The molecule has 0 aliphatic heterocycles. The fourth-order valence-electron chi connectivity index (χ4n) is 6.87. The molecule has 9 N–H and O–H groups in total. The number of hydrogen-bond donors (Lipinski definition) is 6. The van der Waals surface area contributed by atoms with Crippen molar-refractivity contribution in [2.24, 2.45) is 5.73 Å². The number of carbonyl (C=O) groups is 3. The van der Waals surface area contributed by atoms with Crippen LogP contribution < -0.4 is 42.6 Å². The highest BCUT2D eigenvalue weighted by Crippen LogP contribution is 2.29. The second kappa shape index (κ2) is 18.8. The summed E-state index contributed by atoms with van der Waals surface area (Å²) in [7, 11) is 2.84. The normalized spacial score (nSPS) is 19.0. The Morgan fingerprint density at radius 2 is 1.04 bits per heavy atom. The average molecular weight is 789 g/mol. The number of benzene rings is 2. The maximum Gasteiger partial charge on any atom is 0.224 e. The number of aryl methyl sites for hydroxylation is 2. The van der Waals surface area contributed by atoms with Crippen LogP contribution in [0.3, 0.4) is 0 Å². The van der Waals surface area contributed by atoms with Gasteiger partial charge >= 0.3 is 0 Å². The summed E-state index contributed by atoms with van der Waals surface area (Å²) in [5.74, 6) is -0.743. The van der Waals surface area contributed by atoms with Crippen molar-refractivity contribution in [1.82, 2.24) is 25.3 Å². The summed E-state index contributed by atoms with van der Waals surface area (Å²) in [6.07, 6.45) is 9.90. The summed E-state index contributed by atoms with van der Waals surface area (Å²) < 4.78 is 38.3. The Hall–Kier alpha value is -5.97. The summed E-state index contributed by atoms with van der Waals surface area (Å²) in [5, 5.41) is 9.40. The highest BCUT2D eigenvalue weighted by molar-refractivity contribution is 6.13. The maximum atomic E-state index is 14.0. The number of hydrogen-bond acceptors (Lipinski definition) is 14. The van der Waals surface area contributed by atoms with Gasteiger partial charge in [0.05, 0.1) is 36.5 Å². The van der Waals surface area contributed by atoms with E-state index in [1.54, 1.807) is 13.8 Å². The van der Waals surface area contributed by atoms with Crippen molar-refractivity contribution in [2.75, 3.05) is 36.3 Å². The largest absolute Gasteiger partial charge is 0.496 e. The van der Waals surface area contributed by atoms with E-state index in [0.717, 1.165) is 63.5 Å². The predicted molar refractivity (Wildman–Crippen MR) is 212 cm³/mol. The highest BCUT2D eigenvalue weighted by Gasteiger charge is 2.25. The number of ketones is 2. The number of anilines is 4. The van der Waals surface area contributed by atoms with Gasteiger partial charge in [0.15, 0.2) is 0 Å². The Morgan fingerprint density at radius 1 is 0.649 bits per heavy atom. The quantitative estimate of drug-likeness (QED) is 0.109. The van der Waals surface area contributed by atoms with Crippen LogP contribution in [0.4, 0.5) is 32.3 Å². The van der Waals surface area contributed by atoms with Gasteiger partial charge in [0.2, 0.25) is 29.4 Å². The minimum Gasteiger partial charge on any atom is -0.496 e. The number of carbonyl (C=O) groups excluding carboxylic acids is 3. The third-order valence-corrected chi connectivity index (χ3v) is 10.1. The third-order valence-electron chi connectivity index (χ3n) is 10.1. The summed E-state index contributed by atoms with van der Waals surface area (Å²) in [4.78, 5) is 53.7. The fraction of sp³-hybridized carbons (Fsp3) is 0.425. The van der Waals surface area contributed by atoms with Gasteiger partial charge in [-0.05, 0) is 101 Å². The molecule has 2 aromatic heterocycles. The van der Waals surface area contributed by atoms with Gasteiger partial charge < -0.3 is 42.6 Å². The molecule has 2 aromatic carbocycles. The molecule has 1 amide bonds. The van der Waals surface area contributed by atoms with E-state index in [9.17, 15) is 23.2 Å². The maximum absolute atomic E-state index is 14.0. The van der Waals surface area contributed by atoms with Gasteiger partial charge in [0.1, 0.15) is 34.8 Å². The van der Waals surface area contributed by atoms with Crippen LogP contribution >= 0.6 is 0 Å². The van der Waals surface area contributed by atoms with Crippen LogP contribution in [-0.2, 0) is 4.79 Å². The number of aromatic nitrogens is 4. The number of nitrogens with two attached hydrogens (primary N) is 3. The predicted octanol–water partition coefficient (Wildman–Crippen LogP) is 5.03. The molecule has 4 aromatic rings. The molecular formula is C40H50F2N10O5. The van der Waals surface area contributed by atoms with Crippen molar-refractivity contribution in [3.05, 3.63) is 81.7 Å². The van der Waals surface area contributed by atoms with E-state index < -0.39 is 23.2 Å². The van der Waals surface area contributed by atoms with Crippen molar-refractivity contribution in [3.8, 4) is 11.5 Å². The number of nitrogens with zero attached hydrogens (tertiary/aromatic N) is 4. The molecule has 0 atom stereocenters. The lowest BCUT2D eigenvalue weighted by Gasteiger charge is -2.29. The second-order valence-corrected chi connectivity index (χ2v) is 14.4. The molecule has 0 spiro atoms. The highest BCUT2D eigenvalue weighted by atomic mass is 19.1. The number of nitrogen functional groups attached to an aromatic ring is 2. The average Bonchev–Trinajstić information content (AvgIpc) is 3.18. The smallest absolute Gasteiger partial charge is 0.224 e. The minimum absolute atomic E-state index is 0.00692. The summed E-state index contributed by atoms with van der Waals surface area (Å²) in [5.41, 5.74) is 19.0. The van der Waals surface area contributed by atoms with E-state index in [-0.39, 0.29) is 75.5 Å². The van der Waals surface area contributed by atoms with Gasteiger partial charge in [-0.3, -0.25) is 14.4 Å². The van der Waals surface area contributed by atoms with E-state index in [2.05, 4.69) is 35.9 Å². The van der Waals surface area contributed by atoms with Gasteiger partial charge in [-0.1, -0.05) is 0 Å². The van der Waals surface area contributed by atoms with Crippen molar-refractivity contribution in [1.29, 1.82) is 0 Å². The zero-order chi connectivity index (χ0) is 41.4. The molecule has 2 saturated carbocycles. The SMILES string of the molecule is COc1cc(C)c(F)cc1C(=O)c1cnc(NC2CCC(N)CC2)nc1N.COc1cc(C)c(F)cc1C(=O)c1cnc(NC2CCC(NC(C)=O)CC2)nc1N. The lowest BCUT2D eigenvalue weighted by atomic mass is 9.91. The van der Waals surface area contributed by atoms with Crippen LogP contribution in [-0.4, -0.2) is 75.8 Å². The first kappa shape index (κ1) is 42.2. The Morgan fingerprint density at radius 3 is 1.40 bits per heavy atom. The molecule has 2 fully saturated rings. The van der Waals surface area contributed by atoms with Gasteiger partial charge in [-0.15, -0.1) is 0 Å². The number of halogens is 2. The van der Waals surface area contributed by atoms with Crippen molar-refractivity contribution < 1.29 is 32.6 Å². The zero-order valence-corrected chi connectivity index (χ0v) is 32.7. The van der Waals surface area contributed by atoms with Crippen molar-refractivity contribution >= 4 is 41.0 Å². The van der Waals surface area contributed by atoms with Crippen molar-refractivity contribution in [2.45, 2.75) is 96.3 Å². The molecule has 17 heteroatoms. The number of nitrogens with one attached hydrogen (secondary N) is 3. The molecule has 57 heavy (non-hydrogen) atoms. The molecular weight excluding hydrogens is 739 g/mol. The molecule has 15 nitrogen and oxygen atoms in total. The van der Waals surface area contributed by atoms with E-state index >= 15 is 0 Å². The Kier molecular flexibility index (Phi) is 13.9. The lowest BCUT2D eigenvalue weighted by molar-refractivity contribution is -0.119. The monoisotopic (exact) mass is 788 g/mol. The number of methoxy groups -OCH3 is 2. The fourth-order valence-corrected chi connectivity index (χ4v) is 6.87. The van der Waals surface area contributed by atoms with Crippen LogP contribution in [0.15, 0.2) is 36.7 Å².